The first kappa shape index (κ1) is 28.4. The summed E-state index contributed by atoms with van der Waals surface area (Å²) in [5.41, 5.74) is 5.09. The predicted octanol–water partition coefficient (Wildman–Crippen LogP) is 7.09. The number of nitrogens with zero attached hydrogens (tertiary/aromatic N) is 1. The van der Waals surface area contributed by atoms with E-state index in [9.17, 15) is 9.59 Å². The van der Waals surface area contributed by atoms with Crippen LogP contribution in [0.3, 0.4) is 0 Å². The number of nitrogens with one attached hydrogen (secondary N) is 2. The minimum Gasteiger partial charge on any atom is -0.490 e. The second kappa shape index (κ2) is 13.9. The molecule has 2 N–H and O–H groups in total. The van der Waals surface area contributed by atoms with Gasteiger partial charge in [0.15, 0.2) is 11.5 Å². The Kier molecular flexibility index (Phi) is 10.1. The molecule has 0 atom stereocenters. The number of hydrazone groups is 1. The van der Waals surface area contributed by atoms with Gasteiger partial charge in [0.05, 0.1) is 23.7 Å². The third-order valence-electron chi connectivity index (χ3n) is 5.39. The molecule has 0 radical (unpaired) electrons. The molecule has 1 aromatic heterocycles. The monoisotopic (exact) mass is 625 g/mol. The molecule has 1 heterocycles. The minimum absolute atomic E-state index is 0.114. The van der Waals surface area contributed by atoms with Gasteiger partial charge in [-0.05, 0) is 82.3 Å². The Bertz CT molecular complexity index is 1460. The van der Waals surface area contributed by atoms with E-state index >= 15 is 0 Å². The lowest BCUT2D eigenvalue weighted by Gasteiger charge is -2.15. The van der Waals surface area contributed by atoms with Crippen LogP contribution in [0, 0.1) is 0 Å². The fourth-order valence-corrected chi connectivity index (χ4v) is 5.01. The molecule has 4 aromatic rings. The van der Waals surface area contributed by atoms with Gasteiger partial charge in [-0.3, -0.25) is 9.59 Å². The maximum atomic E-state index is 12.5. The molecule has 2 amide bonds. The van der Waals surface area contributed by atoms with Gasteiger partial charge >= 0.3 is 0 Å². The van der Waals surface area contributed by atoms with Gasteiger partial charge in [-0.2, -0.15) is 5.10 Å². The Labute approximate surface area is 243 Å². The van der Waals surface area contributed by atoms with Gasteiger partial charge in [-0.1, -0.05) is 35.9 Å². The predicted molar refractivity (Wildman–Crippen MR) is 159 cm³/mol. The molecule has 10 heteroatoms. The third-order valence-corrected chi connectivity index (χ3v) is 7.22. The maximum Gasteiger partial charge on any atom is 0.271 e. The number of benzene rings is 3. The number of hydrogen-bond donors (Lipinski definition) is 2. The zero-order valence-electron chi connectivity index (χ0n) is 20.9. The van der Waals surface area contributed by atoms with Crippen LogP contribution in [0.1, 0.15) is 33.3 Å². The number of amides is 2. The van der Waals surface area contributed by atoms with E-state index in [-0.39, 0.29) is 18.4 Å². The second-order valence-electron chi connectivity index (χ2n) is 8.22. The van der Waals surface area contributed by atoms with Crippen molar-refractivity contribution in [2.45, 2.75) is 20.0 Å². The summed E-state index contributed by atoms with van der Waals surface area (Å²) in [7, 11) is 0. The number of carbonyl (C=O) groups excluding carboxylic acids is 2. The molecule has 3 aromatic carbocycles. The van der Waals surface area contributed by atoms with Gasteiger partial charge in [-0.15, -0.1) is 11.3 Å². The van der Waals surface area contributed by atoms with Crippen LogP contribution in [0.2, 0.25) is 5.02 Å². The summed E-state index contributed by atoms with van der Waals surface area (Å²) in [5, 5.41) is 9.47. The van der Waals surface area contributed by atoms with Crippen LogP contribution in [0.4, 0.5) is 5.69 Å². The zero-order chi connectivity index (χ0) is 27.6. The van der Waals surface area contributed by atoms with Gasteiger partial charge in [0, 0.05) is 26.7 Å². The van der Waals surface area contributed by atoms with Crippen molar-refractivity contribution in [1.29, 1.82) is 0 Å². The molecule has 0 aliphatic rings. The summed E-state index contributed by atoms with van der Waals surface area (Å²) in [6.07, 6.45) is 1.83. The van der Waals surface area contributed by atoms with E-state index in [0.717, 1.165) is 10.4 Å². The summed E-state index contributed by atoms with van der Waals surface area (Å²) in [5.74, 6) is 0.576. The number of rotatable bonds is 11. The SMILES string of the molecule is CCOc1cc(/C=N/NC(=O)c2ccc(NC(=O)Cc3cccs3)cc2)cc(Br)c1OCc1ccccc1Cl. The first-order valence-electron chi connectivity index (χ1n) is 12.0. The van der Waals surface area contributed by atoms with E-state index in [1.807, 2.05) is 54.8 Å². The molecular formula is C29H25BrClN3O4S. The van der Waals surface area contributed by atoms with Gasteiger partial charge in [0.1, 0.15) is 6.61 Å². The second-order valence-corrected chi connectivity index (χ2v) is 10.5. The third kappa shape index (κ3) is 8.16. The van der Waals surface area contributed by atoms with Gasteiger partial charge in [0.2, 0.25) is 5.91 Å². The standard InChI is InChI=1S/C29H25BrClN3O4S/c1-2-37-26-15-19(14-24(30)28(26)38-18-21-6-3-4-8-25(21)31)17-32-34-29(36)20-9-11-22(12-10-20)33-27(35)16-23-7-5-13-39-23/h3-15,17H,2,16,18H2,1H3,(H,33,35)(H,34,36)/b32-17+. The van der Waals surface area contributed by atoms with E-state index in [0.29, 0.717) is 50.8 Å². The number of carbonyl (C=O) groups is 2. The molecule has 7 nitrogen and oxygen atoms in total. The highest BCUT2D eigenvalue weighted by Crippen LogP contribution is 2.37. The van der Waals surface area contributed by atoms with Crippen molar-refractivity contribution >= 4 is 62.6 Å². The van der Waals surface area contributed by atoms with Crippen LogP contribution in [0.5, 0.6) is 11.5 Å². The number of thiophene rings is 1. The van der Waals surface area contributed by atoms with Crippen molar-refractivity contribution in [3.63, 3.8) is 0 Å². The quantitative estimate of drug-likeness (QED) is 0.137. The number of ether oxygens (including phenoxy) is 2. The van der Waals surface area contributed by atoms with Crippen LogP contribution in [0.25, 0.3) is 0 Å². The van der Waals surface area contributed by atoms with Crippen LogP contribution >= 0.6 is 38.9 Å². The molecule has 0 unspecified atom stereocenters. The van der Waals surface area contributed by atoms with Crippen LogP contribution in [-0.2, 0) is 17.8 Å². The zero-order valence-corrected chi connectivity index (χ0v) is 24.1. The largest absolute Gasteiger partial charge is 0.490 e. The van der Waals surface area contributed by atoms with Crippen molar-refractivity contribution in [2.24, 2.45) is 5.10 Å². The topological polar surface area (TPSA) is 89.0 Å². The molecule has 200 valence electrons. The van der Waals surface area contributed by atoms with E-state index in [2.05, 4.69) is 31.8 Å². The molecular weight excluding hydrogens is 602 g/mol. The Morgan fingerprint density at radius 3 is 2.56 bits per heavy atom. The highest BCUT2D eigenvalue weighted by atomic mass is 79.9. The van der Waals surface area contributed by atoms with Gasteiger partial charge in [0.25, 0.3) is 5.91 Å². The summed E-state index contributed by atoms with van der Waals surface area (Å²) in [6, 6.07) is 21.5. The van der Waals surface area contributed by atoms with Gasteiger partial charge < -0.3 is 14.8 Å². The van der Waals surface area contributed by atoms with Crippen molar-refractivity contribution in [3.05, 3.63) is 109 Å². The van der Waals surface area contributed by atoms with E-state index in [1.165, 1.54) is 17.6 Å². The molecule has 0 fully saturated rings. The highest BCUT2D eigenvalue weighted by Gasteiger charge is 2.13. The van der Waals surface area contributed by atoms with Crippen LogP contribution < -0.4 is 20.2 Å². The molecule has 0 aliphatic heterocycles. The first-order valence-corrected chi connectivity index (χ1v) is 14.1. The number of hydrogen-bond acceptors (Lipinski definition) is 6. The highest BCUT2D eigenvalue weighted by molar-refractivity contribution is 9.10. The molecule has 4 rings (SSSR count). The first-order chi connectivity index (χ1) is 18.9. The smallest absolute Gasteiger partial charge is 0.271 e. The lowest BCUT2D eigenvalue weighted by molar-refractivity contribution is -0.115. The lowest BCUT2D eigenvalue weighted by atomic mass is 10.2. The minimum atomic E-state index is -0.383. The Balaban J connectivity index is 1.35. The Morgan fingerprint density at radius 2 is 1.85 bits per heavy atom. The van der Waals surface area contributed by atoms with E-state index < -0.39 is 0 Å². The summed E-state index contributed by atoms with van der Waals surface area (Å²) < 4.78 is 12.5. The van der Waals surface area contributed by atoms with Crippen molar-refractivity contribution in [2.75, 3.05) is 11.9 Å². The van der Waals surface area contributed by atoms with Crippen LogP contribution in [0.15, 0.2) is 87.8 Å². The molecule has 39 heavy (non-hydrogen) atoms. The molecule has 0 bridgehead atoms. The number of halogens is 2. The molecule has 0 aliphatic carbocycles. The molecule has 0 saturated heterocycles. The summed E-state index contributed by atoms with van der Waals surface area (Å²) >= 11 is 11.3. The fourth-order valence-electron chi connectivity index (χ4n) is 3.54. The Hall–Kier alpha value is -3.66. The van der Waals surface area contributed by atoms with E-state index in [4.69, 9.17) is 21.1 Å². The fraction of sp³-hybridized carbons (Fsp3) is 0.138. The normalized spacial score (nSPS) is 10.8. The van der Waals surface area contributed by atoms with Crippen molar-refractivity contribution < 1.29 is 19.1 Å². The summed E-state index contributed by atoms with van der Waals surface area (Å²) in [6.45, 7) is 2.60. The van der Waals surface area contributed by atoms with Crippen LogP contribution in [-0.4, -0.2) is 24.6 Å². The average Bonchev–Trinajstić information content (AvgIpc) is 3.42. The lowest BCUT2D eigenvalue weighted by Crippen LogP contribution is -2.18. The maximum absolute atomic E-state index is 12.5. The average molecular weight is 627 g/mol. The summed E-state index contributed by atoms with van der Waals surface area (Å²) in [4.78, 5) is 25.7. The van der Waals surface area contributed by atoms with E-state index in [1.54, 1.807) is 30.3 Å². The molecule has 0 spiro atoms. The van der Waals surface area contributed by atoms with Crippen molar-refractivity contribution in [1.82, 2.24) is 5.43 Å². The van der Waals surface area contributed by atoms with Crippen molar-refractivity contribution in [3.8, 4) is 11.5 Å². The Morgan fingerprint density at radius 1 is 1.05 bits per heavy atom. The number of anilines is 1. The molecule has 0 saturated carbocycles. The van der Waals surface area contributed by atoms with Gasteiger partial charge in [-0.25, -0.2) is 5.43 Å².